The molecule has 1 amide bonds. The predicted octanol–water partition coefficient (Wildman–Crippen LogP) is 7.98. The zero-order valence-electron chi connectivity index (χ0n) is 33.5. The number of halogens is 5. The monoisotopic (exact) mass is 911 g/mol. The molecular formula is C38H47Cl2F3N3O13P. The molecule has 16 nitrogen and oxygen atoms in total. The molecule has 0 bridgehead atoms. The largest absolute Gasteiger partial charge is 0.480 e. The Balaban J connectivity index is 0.000000521. The van der Waals surface area contributed by atoms with E-state index in [0.29, 0.717) is 12.7 Å². The lowest BCUT2D eigenvalue weighted by atomic mass is 10.0. The van der Waals surface area contributed by atoms with Crippen LogP contribution in [-0.4, -0.2) is 89.5 Å². The van der Waals surface area contributed by atoms with E-state index in [4.69, 9.17) is 57.9 Å². The van der Waals surface area contributed by atoms with Crippen LogP contribution in [0.1, 0.15) is 61.2 Å². The summed E-state index contributed by atoms with van der Waals surface area (Å²) in [6.07, 6.45) is -5.07. The van der Waals surface area contributed by atoms with Crippen LogP contribution in [0.25, 0.3) is 0 Å². The second-order valence-electron chi connectivity index (χ2n) is 12.5. The Hall–Kier alpha value is -4.78. The van der Waals surface area contributed by atoms with Crippen LogP contribution in [-0.2, 0) is 45.8 Å². The number of carbonyl (C=O) groups excluding carboxylic acids is 3. The second-order valence-corrected chi connectivity index (χ2v) is 15.7. The number of nitro benzene ring substituents is 1. The average molecular weight is 913 g/mol. The summed E-state index contributed by atoms with van der Waals surface area (Å²) in [5.41, 5.74) is 6.05. The van der Waals surface area contributed by atoms with Gasteiger partial charge in [-0.25, -0.2) is 9.59 Å². The average Bonchev–Trinajstić information content (AvgIpc) is 3.17. The highest BCUT2D eigenvalue weighted by atomic mass is 35.5. The first-order chi connectivity index (χ1) is 27.9. The quantitative estimate of drug-likeness (QED) is 0.0291. The normalized spacial score (nSPS) is 12.8. The van der Waals surface area contributed by atoms with E-state index in [2.05, 4.69) is 6.92 Å². The number of benzene rings is 3. The van der Waals surface area contributed by atoms with Crippen molar-refractivity contribution in [3.8, 4) is 11.5 Å². The fourth-order valence-corrected chi connectivity index (χ4v) is 5.85. The number of anilines is 1. The molecule has 3 atom stereocenters. The Kier molecular flexibility index (Phi) is 22.3. The molecule has 0 aliphatic rings. The summed E-state index contributed by atoms with van der Waals surface area (Å²) in [7, 11) is -3.10. The molecule has 0 aliphatic heterocycles. The smallest absolute Gasteiger partial charge is 0.416 e. The Morgan fingerprint density at radius 1 is 1.05 bits per heavy atom. The lowest BCUT2D eigenvalue weighted by Crippen LogP contribution is -2.35. The van der Waals surface area contributed by atoms with Crippen LogP contribution >= 0.6 is 30.6 Å². The predicted molar refractivity (Wildman–Crippen MR) is 217 cm³/mol. The molecule has 3 rings (SSSR count). The van der Waals surface area contributed by atoms with Crippen LogP contribution in [0.3, 0.4) is 0 Å². The van der Waals surface area contributed by atoms with Crippen molar-refractivity contribution < 1.29 is 70.8 Å². The summed E-state index contributed by atoms with van der Waals surface area (Å²) in [6, 6.07) is 10.4. The summed E-state index contributed by atoms with van der Waals surface area (Å²) in [5.74, 6) is -3.66. The number of para-hydroxylation sites is 1. The number of carboxylic acids is 1. The van der Waals surface area contributed by atoms with Crippen molar-refractivity contribution in [1.29, 1.82) is 0 Å². The van der Waals surface area contributed by atoms with E-state index in [1.54, 1.807) is 11.8 Å². The molecule has 4 N–H and O–H groups in total. The highest BCUT2D eigenvalue weighted by molar-refractivity contribution is 7.57. The van der Waals surface area contributed by atoms with Gasteiger partial charge in [0.2, 0.25) is 5.91 Å². The zero-order chi connectivity index (χ0) is 46.0. The number of carbonyl (C=O) groups is 4. The first-order valence-corrected chi connectivity index (χ1v) is 21.1. The number of rotatable bonds is 17. The number of ether oxygens (including phenoxy) is 4. The third kappa shape index (κ3) is 17.8. The number of aliphatic carboxylic acids is 1. The molecule has 3 unspecified atom stereocenters. The van der Waals surface area contributed by atoms with Gasteiger partial charge in [-0.3, -0.25) is 29.2 Å². The molecule has 332 valence electrons. The Labute approximate surface area is 354 Å². The van der Waals surface area contributed by atoms with Crippen molar-refractivity contribution in [2.45, 2.75) is 65.8 Å². The molecule has 0 spiro atoms. The van der Waals surface area contributed by atoms with Crippen molar-refractivity contribution in [1.82, 2.24) is 0 Å². The SMILES string of the molecule is CCOC(=O)C(C)OC(=O)c1cc(Oc2ccc(C(F)(F)F)cc2Cl)ccc1[N+](=O)[O-].CCOCN(C(=O)CCl)c1c(C)cccc1CC.CP(=O)(O)CCC(N)C(=O)O. The standard InChI is InChI=1S/C19H15ClF3NO7.C14H20ClNO2.C5H12NO4P/c1-3-29-17(25)10(2)30-18(26)13-9-12(5-6-15(13)24(27)28)31-16-7-4-11(8-14(16)20)19(21,22)23;1-4-12-8-6-7-11(3)14(12)16(10-18-5-2)13(17)9-15;1-11(9,10)3-2-4(6)5(7)8/h4-10H,3H2,1-2H3;6-8H,4-5,9-10H2,1-3H3;4H,2-3,6H2,1H3,(H,7,8)(H,9,10). The van der Waals surface area contributed by atoms with Crippen LogP contribution in [0.5, 0.6) is 11.5 Å². The number of esters is 2. The number of amides is 1. The molecule has 0 saturated carbocycles. The molecule has 3 aromatic rings. The Bertz CT molecular complexity index is 2000. The maximum absolute atomic E-state index is 12.8. The van der Waals surface area contributed by atoms with Gasteiger partial charge in [0.15, 0.2) is 13.5 Å². The fraction of sp³-hybridized carbons (Fsp3) is 0.421. The van der Waals surface area contributed by atoms with Gasteiger partial charge in [0.05, 0.1) is 27.8 Å². The Morgan fingerprint density at radius 2 is 1.70 bits per heavy atom. The minimum Gasteiger partial charge on any atom is -0.480 e. The van der Waals surface area contributed by atoms with Gasteiger partial charge >= 0.3 is 24.1 Å². The number of aryl methyl sites for hydroxylation is 2. The number of hydrogen-bond acceptors (Lipinski definition) is 12. The van der Waals surface area contributed by atoms with E-state index in [1.807, 2.05) is 32.0 Å². The van der Waals surface area contributed by atoms with Crippen LogP contribution in [0, 0.1) is 17.0 Å². The molecule has 0 saturated heterocycles. The van der Waals surface area contributed by atoms with E-state index < -0.39 is 65.3 Å². The third-order valence-electron chi connectivity index (χ3n) is 7.76. The molecule has 0 fully saturated rings. The minimum atomic E-state index is -4.61. The topological polar surface area (TPSA) is 235 Å². The van der Waals surface area contributed by atoms with Crippen LogP contribution in [0.15, 0.2) is 54.6 Å². The summed E-state index contributed by atoms with van der Waals surface area (Å²) in [5, 5.41) is 19.2. The molecule has 22 heteroatoms. The summed E-state index contributed by atoms with van der Waals surface area (Å²) < 4.78 is 69.2. The molecule has 60 heavy (non-hydrogen) atoms. The van der Waals surface area contributed by atoms with E-state index in [1.165, 1.54) is 13.6 Å². The first kappa shape index (κ1) is 53.2. The summed E-state index contributed by atoms with van der Waals surface area (Å²) >= 11 is 11.5. The number of nitrogens with two attached hydrogens (primary N) is 1. The number of hydrogen-bond donors (Lipinski definition) is 3. The third-order valence-corrected chi connectivity index (χ3v) is 9.37. The lowest BCUT2D eigenvalue weighted by molar-refractivity contribution is -0.385. The van der Waals surface area contributed by atoms with Gasteiger partial charge in [-0.15, -0.1) is 11.6 Å². The van der Waals surface area contributed by atoms with Crippen molar-refractivity contribution in [3.63, 3.8) is 0 Å². The lowest BCUT2D eigenvalue weighted by Gasteiger charge is -2.25. The van der Waals surface area contributed by atoms with Crippen molar-refractivity contribution in [3.05, 3.63) is 92.0 Å². The molecule has 3 aromatic carbocycles. The van der Waals surface area contributed by atoms with Gasteiger partial charge in [0.25, 0.3) is 5.69 Å². The summed E-state index contributed by atoms with van der Waals surface area (Å²) in [6.45, 7) is 10.8. The Morgan fingerprint density at radius 3 is 2.20 bits per heavy atom. The van der Waals surface area contributed by atoms with Crippen molar-refractivity contribution >= 4 is 65.8 Å². The number of alkyl halides is 4. The van der Waals surface area contributed by atoms with Crippen molar-refractivity contribution in [2.24, 2.45) is 5.73 Å². The molecule has 0 radical (unpaired) electrons. The maximum Gasteiger partial charge on any atom is 0.416 e. The van der Waals surface area contributed by atoms with Gasteiger partial charge in [-0.2, -0.15) is 13.2 Å². The second kappa shape index (κ2) is 25.1. The number of nitrogens with zero attached hydrogens (tertiary/aromatic N) is 2. The highest BCUT2D eigenvalue weighted by Gasteiger charge is 2.31. The van der Waals surface area contributed by atoms with E-state index in [0.717, 1.165) is 53.6 Å². The van der Waals surface area contributed by atoms with Gasteiger partial charge < -0.3 is 34.7 Å². The molecule has 0 aliphatic carbocycles. The minimum absolute atomic E-state index is 0.0371. The van der Waals surface area contributed by atoms with E-state index in [-0.39, 0.29) is 54.2 Å². The van der Waals surface area contributed by atoms with Gasteiger partial charge in [0.1, 0.15) is 35.7 Å². The van der Waals surface area contributed by atoms with E-state index >= 15 is 0 Å². The molecule has 0 aromatic heterocycles. The summed E-state index contributed by atoms with van der Waals surface area (Å²) in [4.78, 5) is 66.8. The van der Waals surface area contributed by atoms with Crippen LogP contribution in [0.4, 0.5) is 24.5 Å². The number of carboxylic acid groups (broad SMARTS) is 1. The molecule has 0 heterocycles. The van der Waals surface area contributed by atoms with Crippen molar-refractivity contribution in [2.75, 3.05) is 43.6 Å². The van der Waals surface area contributed by atoms with Gasteiger partial charge in [-0.1, -0.05) is 36.7 Å². The maximum atomic E-state index is 12.8. The van der Waals surface area contributed by atoms with Gasteiger partial charge in [0, 0.05) is 31.6 Å². The first-order valence-electron chi connectivity index (χ1n) is 17.9. The van der Waals surface area contributed by atoms with Crippen LogP contribution < -0.4 is 15.4 Å². The van der Waals surface area contributed by atoms with E-state index in [9.17, 15) is 47.0 Å². The molecular weight excluding hydrogens is 865 g/mol. The van der Waals surface area contributed by atoms with Gasteiger partial charge in [-0.05, 0) is 75.9 Å². The fourth-order valence-electron chi connectivity index (χ4n) is 4.73. The highest BCUT2D eigenvalue weighted by Crippen LogP contribution is 2.38. The van der Waals surface area contributed by atoms with Crippen LogP contribution in [0.2, 0.25) is 5.02 Å². The number of nitro groups is 1. The zero-order valence-corrected chi connectivity index (χ0v) is 35.9.